The molecule has 1 aliphatic carbocycles. The standard InChI is InChI=1S/C14H18N4O/c1-2-19-11-3-5-12-13(6-4-11)17-14(16-12)18-9-7-15-8-10-18/h3-6,15H,2,7-10H2,1H3. The molecule has 0 unspecified atom stereocenters. The van der Waals surface area contributed by atoms with Crippen molar-refractivity contribution in [3.63, 3.8) is 0 Å². The third kappa shape index (κ3) is 2.61. The zero-order valence-electron chi connectivity index (χ0n) is 11.1. The molecular formula is C14H18N4O. The number of anilines is 1. The molecule has 3 aliphatic rings. The highest BCUT2D eigenvalue weighted by atomic mass is 16.5. The minimum atomic E-state index is 0.668. The van der Waals surface area contributed by atoms with Crippen molar-refractivity contribution >= 4 is 5.95 Å². The maximum absolute atomic E-state index is 5.48. The molecule has 0 atom stereocenters. The van der Waals surface area contributed by atoms with E-state index in [1.54, 1.807) is 0 Å². The molecule has 2 heterocycles. The molecule has 19 heavy (non-hydrogen) atoms. The number of rotatable bonds is 3. The molecule has 2 aliphatic heterocycles. The summed E-state index contributed by atoms with van der Waals surface area (Å²) in [5.41, 5.74) is 1.83. The van der Waals surface area contributed by atoms with Gasteiger partial charge in [-0.1, -0.05) is 0 Å². The summed E-state index contributed by atoms with van der Waals surface area (Å²) in [6.45, 7) is 6.56. The Hall–Kier alpha value is -1.88. The van der Waals surface area contributed by atoms with Gasteiger partial charge in [-0.3, -0.25) is 0 Å². The number of aromatic nitrogens is 2. The highest BCUT2D eigenvalue weighted by molar-refractivity contribution is 5.61. The fourth-order valence-corrected chi connectivity index (χ4v) is 2.25. The van der Waals surface area contributed by atoms with Crippen LogP contribution in [0.4, 0.5) is 5.95 Å². The third-order valence-corrected chi connectivity index (χ3v) is 3.23. The van der Waals surface area contributed by atoms with Gasteiger partial charge in [0.2, 0.25) is 5.95 Å². The summed E-state index contributed by atoms with van der Waals surface area (Å²) in [5.74, 6) is 1.69. The number of piperazine rings is 1. The number of nitrogens with zero attached hydrogens (tertiary/aromatic N) is 3. The maximum Gasteiger partial charge on any atom is 0.226 e. The van der Waals surface area contributed by atoms with E-state index in [1.807, 2.05) is 31.2 Å². The SMILES string of the molecule is CCOc1ccc2nc(N3CCNCC3)nc-2cc1. The fourth-order valence-electron chi connectivity index (χ4n) is 2.25. The Bertz CT molecular complexity index is 491. The van der Waals surface area contributed by atoms with Crippen molar-refractivity contribution in [1.29, 1.82) is 0 Å². The van der Waals surface area contributed by atoms with E-state index in [0.29, 0.717) is 6.61 Å². The van der Waals surface area contributed by atoms with Crippen LogP contribution in [0.5, 0.6) is 5.75 Å². The van der Waals surface area contributed by atoms with Gasteiger partial charge in [0.05, 0.1) is 18.0 Å². The van der Waals surface area contributed by atoms with Crippen molar-refractivity contribution in [1.82, 2.24) is 15.3 Å². The van der Waals surface area contributed by atoms with Crippen LogP contribution in [0.3, 0.4) is 0 Å². The first-order valence-corrected chi connectivity index (χ1v) is 6.73. The Morgan fingerprint density at radius 3 is 2.32 bits per heavy atom. The summed E-state index contributed by atoms with van der Waals surface area (Å²) in [5, 5.41) is 3.33. The summed E-state index contributed by atoms with van der Waals surface area (Å²) in [6.07, 6.45) is 0. The molecule has 1 fully saturated rings. The normalized spacial score (nSPS) is 15.7. The van der Waals surface area contributed by atoms with Gasteiger partial charge >= 0.3 is 0 Å². The van der Waals surface area contributed by atoms with Gasteiger partial charge in [-0.25, -0.2) is 9.97 Å². The molecule has 0 amide bonds. The van der Waals surface area contributed by atoms with Gasteiger partial charge in [0, 0.05) is 26.2 Å². The summed E-state index contributed by atoms with van der Waals surface area (Å²) in [7, 11) is 0. The molecule has 5 nitrogen and oxygen atoms in total. The number of fused-ring (bicyclic) bond motifs is 1. The van der Waals surface area contributed by atoms with Gasteiger partial charge in [0.15, 0.2) is 0 Å². The van der Waals surface area contributed by atoms with Gasteiger partial charge in [0.1, 0.15) is 5.75 Å². The highest BCUT2D eigenvalue weighted by Gasteiger charge is 2.17. The Balaban J connectivity index is 1.89. The number of imidazole rings is 1. The van der Waals surface area contributed by atoms with Crippen LogP contribution in [-0.4, -0.2) is 42.8 Å². The molecule has 100 valence electrons. The summed E-state index contributed by atoms with van der Waals surface area (Å²) < 4.78 is 5.48. The predicted molar refractivity (Wildman–Crippen MR) is 74.9 cm³/mol. The topological polar surface area (TPSA) is 50.3 Å². The number of nitrogens with one attached hydrogen (secondary N) is 1. The lowest BCUT2D eigenvalue weighted by Gasteiger charge is -2.26. The van der Waals surface area contributed by atoms with E-state index in [-0.39, 0.29) is 0 Å². The number of hydrogen-bond donors (Lipinski definition) is 1. The minimum Gasteiger partial charge on any atom is -0.494 e. The quantitative estimate of drug-likeness (QED) is 0.901. The molecule has 0 radical (unpaired) electrons. The Kier molecular flexibility index (Phi) is 3.46. The van der Waals surface area contributed by atoms with E-state index in [0.717, 1.165) is 49.3 Å². The number of ether oxygens (including phenoxy) is 1. The van der Waals surface area contributed by atoms with Crippen LogP contribution >= 0.6 is 0 Å². The van der Waals surface area contributed by atoms with Gasteiger partial charge in [-0.2, -0.15) is 0 Å². The maximum atomic E-state index is 5.48. The van der Waals surface area contributed by atoms with Gasteiger partial charge in [-0.15, -0.1) is 0 Å². The van der Waals surface area contributed by atoms with Crippen molar-refractivity contribution < 1.29 is 4.74 Å². The third-order valence-electron chi connectivity index (χ3n) is 3.23. The molecular weight excluding hydrogens is 240 g/mol. The van der Waals surface area contributed by atoms with E-state index >= 15 is 0 Å². The molecule has 5 heteroatoms. The Labute approximate surface area is 113 Å². The number of hydrogen-bond acceptors (Lipinski definition) is 5. The van der Waals surface area contributed by atoms with E-state index in [4.69, 9.17) is 4.74 Å². The van der Waals surface area contributed by atoms with E-state index < -0.39 is 0 Å². The average Bonchev–Trinajstić information content (AvgIpc) is 2.78. The highest BCUT2D eigenvalue weighted by Crippen LogP contribution is 2.24. The molecule has 1 saturated heterocycles. The first kappa shape index (κ1) is 12.2. The molecule has 0 bridgehead atoms. The van der Waals surface area contributed by atoms with Crippen molar-refractivity contribution in [2.75, 3.05) is 37.7 Å². The molecule has 0 saturated carbocycles. The smallest absolute Gasteiger partial charge is 0.226 e. The van der Waals surface area contributed by atoms with Crippen LogP contribution in [0.25, 0.3) is 11.4 Å². The van der Waals surface area contributed by atoms with Crippen LogP contribution in [0.15, 0.2) is 24.3 Å². The minimum absolute atomic E-state index is 0.668. The summed E-state index contributed by atoms with van der Waals surface area (Å²) in [4.78, 5) is 11.4. The lowest BCUT2D eigenvalue weighted by atomic mass is 10.3. The first-order chi connectivity index (χ1) is 9.36. The van der Waals surface area contributed by atoms with E-state index in [2.05, 4.69) is 20.2 Å². The van der Waals surface area contributed by atoms with Crippen LogP contribution in [0.1, 0.15) is 6.92 Å². The lowest BCUT2D eigenvalue weighted by molar-refractivity contribution is 0.340. The largest absolute Gasteiger partial charge is 0.494 e. The fraction of sp³-hybridized carbons (Fsp3) is 0.429. The molecule has 3 rings (SSSR count). The van der Waals surface area contributed by atoms with Gasteiger partial charge in [-0.05, 0) is 31.2 Å². The second kappa shape index (κ2) is 5.40. The molecule has 0 aromatic carbocycles. The van der Waals surface area contributed by atoms with Crippen LogP contribution in [0, 0.1) is 0 Å². The second-order valence-corrected chi connectivity index (χ2v) is 4.53. The second-order valence-electron chi connectivity index (χ2n) is 4.53. The van der Waals surface area contributed by atoms with E-state index in [1.165, 1.54) is 0 Å². The zero-order chi connectivity index (χ0) is 13.1. The molecule has 0 aromatic rings. The van der Waals surface area contributed by atoms with Crippen molar-refractivity contribution in [3.8, 4) is 17.1 Å². The zero-order valence-corrected chi connectivity index (χ0v) is 11.1. The summed E-state index contributed by atoms with van der Waals surface area (Å²) >= 11 is 0. The van der Waals surface area contributed by atoms with Crippen LogP contribution in [0.2, 0.25) is 0 Å². The van der Waals surface area contributed by atoms with Crippen molar-refractivity contribution in [3.05, 3.63) is 24.3 Å². The predicted octanol–water partition coefficient (Wildman–Crippen LogP) is 1.39. The Morgan fingerprint density at radius 2 is 1.74 bits per heavy atom. The monoisotopic (exact) mass is 258 g/mol. The van der Waals surface area contributed by atoms with E-state index in [9.17, 15) is 0 Å². The molecule has 0 spiro atoms. The van der Waals surface area contributed by atoms with Crippen molar-refractivity contribution in [2.45, 2.75) is 6.92 Å². The average molecular weight is 258 g/mol. The van der Waals surface area contributed by atoms with Crippen LogP contribution < -0.4 is 15.0 Å². The first-order valence-electron chi connectivity index (χ1n) is 6.73. The summed E-state index contributed by atoms with van der Waals surface area (Å²) in [6, 6.07) is 7.84. The molecule has 0 aromatic heterocycles. The van der Waals surface area contributed by atoms with Gasteiger partial charge < -0.3 is 15.0 Å². The Morgan fingerprint density at radius 1 is 1.11 bits per heavy atom. The lowest BCUT2D eigenvalue weighted by Crippen LogP contribution is -2.44. The van der Waals surface area contributed by atoms with Gasteiger partial charge in [0.25, 0.3) is 0 Å². The molecule has 1 N–H and O–H groups in total. The van der Waals surface area contributed by atoms with Crippen molar-refractivity contribution in [2.24, 2.45) is 0 Å². The van der Waals surface area contributed by atoms with Crippen LogP contribution in [-0.2, 0) is 0 Å².